The first-order valence-electron chi connectivity index (χ1n) is 6.35. The summed E-state index contributed by atoms with van der Waals surface area (Å²) in [5.41, 5.74) is 6.50. The number of aromatic nitrogens is 2. The number of hydrogen-bond donors (Lipinski definition) is 2. The van der Waals surface area contributed by atoms with E-state index in [2.05, 4.69) is 29.4 Å². The minimum atomic E-state index is -0.131. The van der Waals surface area contributed by atoms with Crippen molar-refractivity contribution in [3.63, 3.8) is 0 Å². The lowest BCUT2D eigenvalue weighted by atomic mass is 10.0. The van der Waals surface area contributed by atoms with E-state index in [0.29, 0.717) is 21.3 Å². The highest BCUT2D eigenvalue weighted by molar-refractivity contribution is 7.21. The Labute approximate surface area is 116 Å². The first-order valence-corrected chi connectivity index (χ1v) is 7.16. The summed E-state index contributed by atoms with van der Waals surface area (Å²) in [5, 5.41) is 11.6. The predicted octanol–water partition coefficient (Wildman–Crippen LogP) is 2.44. The molecule has 2 aromatic heterocycles. The third-order valence-corrected chi connectivity index (χ3v) is 4.59. The SMILES string of the molecule is CCC(C)C(C)NC(=O)c1sc2nnccc2c1N. The topological polar surface area (TPSA) is 80.9 Å². The zero-order valence-electron chi connectivity index (χ0n) is 11.3. The summed E-state index contributed by atoms with van der Waals surface area (Å²) in [6, 6.07) is 1.90. The van der Waals surface area contributed by atoms with Crippen LogP contribution in [0.3, 0.4) is 0 Å². The number of anilines is 1. The van der Waals surface area contributed by atoms with Crippen LogP contribution in [-0.2, 0) is 0 Å². The van der Waals surface area contributed by atoms with E-state index in [1.807, 2.05) is 6.92 Å². The monoisotopic (exact) mass is 278 g/mol. The van der Waals surface area contributed by atoms with Crippen molar-refractivity contribution in [3.05, 3.63) is 17.1 Å². The lowest BCUT2D eigenvalue weighted by Gasteiger charge is -2.19. The molecule has 3 N–H and O–H groups in total. The van der Waals surface area contributed by atoms with Crippen LogP contribution in [-0.4, -0.2) is 22.1 Å². The molecule has 19 heavy (non-hydrogen) atoms. The Bertz CT molecular complexity index is 595. The standard InChI is InChI=1S/C13H18N4OS/c1-4-7(2)8(3)16-12(18)11-10(14)9-5-6-15-17-13(9)19-11/h5-8H,4,14H2,1-3H3,(H,16,18). The zero-order chi connectivity index (χ0) is 14.0. The van der Waals surface area contributed by atoms with E-state index >= 15 is 0 Å². The number of nitrogens with zero attached hydrogens (tertiary/aromatic N) is 2. The number of thiophene rings is 1. The Morgan fingerprint density at radius 2 is 2.26 bits per heavy atom. The smallest absolute Gasteiger partial charge is 0.263 e. The maximum Gasteiger partial charge on any atom is 0.263 e. The molecule has 0 aromatic carbocycles. The van der Waals surface area contributed by atoms with Crippen LogP contribution in [0.5, 0.6) is 0 Å². The molecule has 0 aliphatic rings. The Balaban J connectivity index is 2.24. The molecule has 102 valence electrons. The molecule has 0 fully saturated rings. The molecular weight excluding hydrogens is 260 g/mol. The van der Waals surface area contributed by atoms with E-state index in [9.17, 15) is 4.79 Å². The first kappa shape index (κ1) is 13.7. The summed E-state index contributed by atoms with van der Waals surface area (Å²) in [7, 11) is 0. The van der Waals surface area contributed by atoms with Crippen LogP contribution in [0, 0.1) is 5.92 Å². The maximum atomic E-state index is 12.2. The second kappa shape index (κ2) is 5.52. The molecule has 5 nitrogen and oxygen atoms in total. The Hall–Kier alpha value is -1.69. The molecule has 0 bridgehead atoms. The number of fused-ring (bicyclic) bond motifs is 1. The molecule has 2 aromatic rings. The first-order chi connectivity index (χ1) is 9.04. The summed E-state index contributed by atoms with van der Waals surface area (Å²) < 4.78 is 0. The van der Waals surface area contributed by atoms with Gasteiger partial charge in [0.05, 0.1) is 11.9 Å². The van der Waals surface area contributed by atoms with Crippen molar-refractivity contribution >= 4 is 33.1 Å². The third-order valence-electron chi connectivity index (χ3n) is 3.48. The lowest BCUT2D eigenvalue weighted by Crippen LogP contribution is -2.36. The Morgan fingerprint density at radius 1 is 1.53 bits per heavy atom. The minimum absolute atomic E-state index is 0.119. The Morgan fingerprint density at radius 3 is 2.89 bits per heavy atom. The number of rotatable bonds is 4. The molecule has 0 aliphatic carbocycles. The normalized spacial score (nSPS) is 14.3. The molecule has 2 rings (SSSR count). The second-order valence-corrected chi connectivity index (χ2v) is 5.74. The number of amides is 1. The zero-order valence-corrected chi connectivity index (χ0v) is 12.1. The van der Waals surface area contributed by atoms with Crippen molar-refractivity contribution in [2.75, 3.05) is 5.73 Å². The number of carbonyl (C=O) groups excluding carboxylic acids is 1. The molecule has 0 radical (unpaired) electrons. The molecule has 0 saturated heterocycles. The average Bonchev–Trinajstić information content (AvgIpc) is 2.75. The van der Waals surface area contributed by atoms with Gasteiger partial charge < -0.3 is 11.1 Å². The summed E-state index contributed by atoms with van der Waals surface area (Å²) >= 11 is 1.28. The average molecular weight is 278 g/mol. The molecule has 2 unspecified atom stereocenters. The number of hydrogen-bond acceptors (Lipinski definition) is 5. The summed E-state index contributed by atoms with van der Waals surface area (Å²) in [6.45, 7) is 6.23. The van der Waals surface area contributed by atoms with E-state index in [-0.39, 0.29) is 11.9 Å². The van der Waals surface area contributed by atoms with Gasteiger partial charge >= 0.3 is 0 Å². The lowest BCUT2D eigenvalue weighted by molar-refractivity contribution is 0.0933. The fourth-order valence-corrected chi connectivity index (χ4v) is 2.75. The van der Waals surface area contributed by atoms with Gasteiger partial charge in [0.2, 0.25) is 0 Å². The second-order valence-electron chi connectivity index (χ2n) is 4.74. The molecule has 2 heterocycles. The van der Waals surface area contributed by atoms with Crippen LogP contribution in [0.1, 0.15) is 36.9 Å². The summed E-state index contributed by atoms with van der Waals surface area (Å²) in [4.78, 5) is 13.5. The van der Waals surface area contributed by atoms with E-state index in [1.165, 1.54) is 11.3 Å². The minimum Gasteiger partial charge on any atom is -0.397 e. The fourth-order valence-electron chi connectivity index (χ4n) is 1.81. The van der Waals surface area contributed by atoms with Gasteiger partial charge in [-0.05, 0) is 18.9 Å². The number of carbonyl (C=O) groups is 1. The van der Waals surface area contributed by atoms with Gasteiger partial charge in [-0.2, -0.15) is 5.10 Å². The van der Waals surface area contributed by atoms with Gasteiger partial charge in [-0.3, -0.25) is 4.79 Å². The number of nitrogens with two attached hydrogens (primary N) is 1. The molecule has 0 saturated carbocycles. The van der Waals surface area contributed by atoms with Crippen molar-refractivity contribution in [1.82, 2.24) is 15.5 Å². The van der Waals surface area contributed by atoms with Crippen molar-refractivity contribution in [2.45, 2.75) is 33.2 Å². The van der Waals surface area contributed by atoms with Gasteiger partial charge in [-0.1, -0.05) is 20.3 Å². The van der Waals surface area contributed by atoms with Crippen LogP contribution in [0.15, 0.2) is 12.3 Å². The molecule has 6 heteroatoms. The van der Waals surface area contributed by atoms with Crippen LogP contribution < -0.4 is 11.1 Å². The van der Waals surface area contributed by atoms with Gasteiger partial charge in [-0.25, -0.2) is 0 Å². The molecular formula is C13H18N4OS. The van der Waals surface area contributed by atoms with Crippen molar-refractivity contribution < 1.29 is 4.79 Å². The molecule has 0 aliphatic heterocycles. The van der Waals surface area contributed by atoms with Crippen molar-refractivity contribution in [2.24, 2.45) is 5.92 Å². The van der Waals surface area contributed by atoms with Gasteiger partial charge in [0.25, 0.3) is 5.91 Å². The van der Waals surface area contributed by atoms with Crippen LogP contribution in [0.4, 0.5) is 5.69 Å². The van der Waals surface area contributed by atoms with E-state index < -0.39 is 0 Å². The third kappa shape index (κ3) is 2.68. The van der Waals surface area contributed by atoms with Crippen molar-refractivity contribution in [3.8, 4) is 0 Å². The molecule has 1 amide bonds. The van der Waals surface area contributed by atoms with E-state index in [0.717, 1.165) is 11.8 Å². The Kier molecular flexibility index (Phi) is 3.99. The predicted molar refractivity (Wildman–Crippen MR) is 78.2 cm³/mol. The van der Waals surface area contributed by atoms with Crippen LogP contribution in [0.25, 0.3) is 10.2 Å². The molecule has 2 atom stereocenters. The van der Waals surface area contributed by atoms with Gasteiger partial charge in [0, 0.05) is 11.4 Å². The maximum absolute atomic E-state index is 12.2. The van der Waals surface area contributed by atoms with Crippen molar-refractivity contribution in [1.29, 1.82) is 0 Å². The summed E-state index contributed by atoms with van der Waals surface area (Å²) in [6.07, 6.45) is 2.60. The summed E-state index contributed by atoms with van der Waals surface area (Å²) in [5.74, 6) is 0.299. The quantitative estimate of drug-likeness (QED) is 0.900. The van der Waals surface area contributed by atoms with E-state index in [4.69, 9.17) is 5.73 Å². The van der Waals surface area contributed by atoms with Gasteiger partial charge in [0.1, 0.15) is 9.71 Å². The van der Waals surface area contributed by atoms with Gasteiger partial charge in [0.15, 0.2) is 0 Å². The number of nitrogens with one attached hydrogen (secondary N) is 1. The van der Waals surface area contributed by atoms with Crippen LogP contribution >= 0.6 is 11.3 Å². The highest BCUT2D eigenvalue weighted by Gasteiger charge is 2.20. The molecule has 0 spiro atoms. The highest BCUT2D eigenvalue weighted by Crippen LogP contribution is 2.31. The largest absolute Gasteiger partial charge is 0.397 e. The van der Waals surface area contributed by atoms with Gasteiger partial charge in [-0.15, -0.1) is 16.4 Å². The fraction of sp³-hybridized carbons (Fsp3) is 0.462. The van der Waals surface area contributed by atoms with E-state index in [1.54, 1.807) is 12.3 Å². The number of nitrogen functional groups attached to an aromatic ring is 1. The highest BCUT2D eigenvalue weighted by atomic mass is 32.1. The van der Waals surface area contributed by atoms with Crippen LogP contribution in [0.2, 0.25) is 0 Å².